The lowest BCUT2D eigenvalue weighted by molar-refractivity contribution is -0.142. The first kappa shape index (κ1) is 16.8. The second kappa shape index (κ2) is 8.12. The minimum Gasteiger partial charge on any atom is -0.481 e. The Balaban J connectivity index is 2.27. The highest BCUT2D eigenvalue weighted by Gasteiger charge is 2.33. The number of urea groups is 1. The summed E-state index contributed by atoms with van der Waals surface area (Å²) in [6, 6.07) is -0.339. The summed E-state index contributed by atoms with van der Waals surface area (Å²) in [6.45, 7) is 6.37. The summed E-state index contributed by atoms with van der Waals surface area (Å²) < 4.78 is 0. The maximum absolute atomic E-state index is 11.9. The molecule has 0 heterocycles. The Morgan fingerprint density at radius 2 is 1.90 bits per heavy atom. The summed E-state index contributed by atoms with van der Waals surface area (Å²) >= 11 is 0. The number of hydrogen-bond acceptors (Lipinski definition) is 2. The van der Waals surface area contributed by atoms with Crippen molar-refractivity contribution in [3.63, 3.8) is 0 Å². The zero-order valence-electron chi connectivity index (χ0n) is 12.8. The van der Waals surface area contributed by atoms with E-state index in [4.69, 9.17) is 5.11 Å². The lowest BCUT2D eigenvalue weighted by Crippen LogP contribution is -2.47. The van der Waals surface area contributed by atoms with E-state index in [1.165, 1.54) is 0 Å². The van der Waals surface area contributed by atoms with Crippen LogP contribution in [0.4, 0.5) is 4.79 Å². The fourth-order valence-corrected chi connectivity index (χ4v) is 2.77. The van der Waals surface area contributed by atoms with E-state index in [0.717, 1.165) is 32.1 Å². The first-order valence-electron chi connectivity index (χ1n) is 7.70. The van der Waals surface area contributed by atoms with Gasteiger partial charge in [0.2, 0.25) is 0 Å². The molecule has 1 saturated carbocycles. The normalized spacial score (nSPS) is 23.6. The van der Waals surface area contributed by atoms with Gasteiger partial charge in [0.15, 0.2) is 0 Å². The molecule has 0 aromatic rings. The molecule has 0 radical (unpaired) electrons. The summed E-state index contributed by atoms with van der Waals surface area (Å²) in [5.41, 5.74) is 0. The molecule has 1 fully saturated rings. The third-order valence-corrected chi connectivity index (χ3v) is 3.95. The average molecular weight is 284 g/mol. The van der Waals surface area contributed by atoms with Gasteiger partial charge in [-0.2, -0.15) is 0 Å². The van der Waals surface area contributed by atoms with Crippen LogP contribution in [0.5, 0.6) is 0 Å². The van der Waals surface area contributed by atoms with E-state index in [0.29, 0.717) is 12.3 Å². The second-order valence-corrected chi connectivity index (χ2v) is 6.33. The number of carboxylic acids is 1. The highest BCUT2D eigenvalue weighted by atomic mass is 16.4. The van der Waals surface area contributed by atoms with Gasteiger partial charge in [0.1, 0.15) is 0 Å². The van der Waals surface area contributed by atoms with Gasteiger partial charge in [-0.25, -0.2) is 4.79 Å². The van der Waals surface area contributed by atoms with Gasteiger partial charge in [-0.05, 0) is 32.1 Å². The largest absolute Gasteiger partial charge is 0.481 e. The van der Waals surface area contributed by atoms with E-state index in [2.05, 4.69) is 24.5 Å². The number of amides is 2. The predicted octanol–water partition coefficient (Wildman–Crippen LogP) is 2.75. The fraction of sp³-hybridized carbons (Fsp3) is 0.867. The standard InChI is InChI=1S/C15H28N2O3/c1-10(2)6-4-7-11(3)16-15(20)17-13-9-5-8-12(13)14(18)19/h10-13H,4-9H2,1-3H3,(H,18,19)(H2,16,17,20). The molecule has 116 valence electrons. The summed E-state index contributed by atoms with van der Waals surface area (Å²) in [6.07, 6.45) is 5.50. The maximum Gasteiger partial charge on any atom is 0.315 e. The molecular weight excluding hydrogens is 256 g/mol. The molecule has 0 aromatic carbocycles. The number of carboxylic acid groups (broad SMARTS) is 1. The molecule has 3 N–H and O–H groups in total. The highest BCUT2D eigenvalue weighted by Crippen LogP contribution is 2.25. The van der Waals surface area contributed by atoms with Crippen LogP contribution in [0.3, 0.4) is 0 Å². The van der Waals surface area contributed by atoms with Gasteiger partial charge in [0, 0.05) is 12.1 Å². The SMILES string of the molecule is CC(C)CCCC(C)NC(=O)NC1CCCC1C(=O)O. The topological polar surface area (TPSA) is 78.4 Å². The molecule has 5 heteroatoms. The third-order valence-electron chi connectivity index (χ3n) is 3.95. The third kappa shape index (κ3) is 5.80. The van der Waals surface area contributed by atoms with Crippen molar-refractivity contribution in [1.82, 2.24) is 10.6 Å². The lowest BCUT2D eigenvalue weighted by atomic mass is 10.0. The molecule has 0 aromatic heterocycles. The molecule has 0 saturated heterocycles. The van der Waals surface area contributed by atoms with Crippen molar-refractivity contribution in [1.29, 1.82) is 0 Å². The van der Waals surface area contributed by atoms with Gasteiger partial charge in [-0.3, -0.25) is 4.79 Å². The average Bonchev–Trinajstić information content (AvgIpc) is 2.76. The van der Waals surface area contributed by atoms with Crippen molar-refractivity contribution in [3.05, 3.63) is 0 Å². The van der Waals surface area contributed by atoms with E-state index >= 15 is 0 Å². The van der Waals surface area contributed by atoms with Crippen LogP contribution < -0.4 is 10.6 Å². The van der Waals surface area contributed by atoms with Crippen LogP contribution in [0.1, 0.15) is 59.3 Å². The van der Waals surface area contributed by atoms with E-state index in [9.17, 15) is 9.59 Å². The Kier molecular flexibility index (Phi) is 6.82. The lowest BCUT2D eigenvalue weighted by Gasteiger charge is -2.20. The van der Waals surface area contributed by atoms with Crippen LogP contribution in [0.2, 0.25) is 0 Å². The predicted molar refractivity (Wildman–Crippen MR) is 78.6 cm³/mol. The van der Waals surface area contributed by atoms with Crippen LogP contribution in [0.25, 0.3) is 0 Å². The molecule has 0 bridgehead atoms. The number of nitrogens with one attached hydrogen (secondary N) is 2. The molecule has 20 heavy (non-hydrogen) atoms. The molecule has 0 aliphatic heterocycles. The second-order valence-electron chi connectivity index (χ2n) is 6.33. The van der Waals surface area contributed by atoms with Gasteiger partial charge < -0.3 is 15.7 Å². The highest BCUT2D eigenvalue weighted by molar-refractivity contribution is 5.77. The number of aliphatic carboxylic acids is 1. The van der Waals surface area contributed by atoms with Gasteiger partial charge in [-0.1, -0.05) is 33.1 Å². The van der Waals surface area contributed by atoms with Crippen LogP contribution >= 0.6 is 0 Å². The molecular formula is C15H28N2O3. The fourth-order valence-electron chi connectivity index (χ4n) is 2.77. The molecule has 1 aliphatic rings. The number of carbonyl (C=O) groups excluding carboxylic acids is 1. The van der Waals surface area contributed by atoms with Crippen molar-refractivity contribution in [2.45, 2.75) is 71.4 Å². The molecule has 1 aliphatic carbocycles. The van der Waals surface area contributed by atoms with Crippen molar-refractivity contribution >= 4 is 12.0 Å². The Hall–Kier alpha value is -1.26. The number of hydrogen-bond donors (Lipinski definition) is 3. The monoisotopic (exact) mass is 284 g/mol. The van der Waals surface area contributed by atoms with E-state index < -0.39 is 11.9 Å². The first-order valence-corrected chi connectivity index (χ1v) is 7.70. The van der Waals surface area contributed by atoms with Gasteiger partial charge in [0.25, 0.3) is 0 Å². The molecule has 2 amide bonds. The zero-order valence-corrected chi connectivity index (χ0v) is 12.8. The van der Waals surface area contributed by atoms with Gasteiger partial charge >= 0.3 is 12.0 Å². The first-order chi connectivity index (χ1) is 9.40. The molecule has 3 atom stereocenters. The van der Waals surface area contributed by atoms with Crippen LogP contribution in [-0.4, -0.2) is 29.2 Å². The molecule has 5 nitrogen and oxygen atoms in total. The Bertz CT molecular complexity index is 331. The van der Waals surface area contributed by atoms with Gasteiger partial charge in [-0.15, -0.1) is 0 Å². The Labute approximate surface area is 121 Å². The van der Waals surface area contributed by atoms with Crippen LogP contribution in [-0.2, 0) is 4.79 Å². The van der Waals surface area contributed by atoms with Crippen LogP contribution in [0, 0.1) is 11.8 Å². The maximum atomic E-state index is 11.9. The molecule has 1 rings (SSSR count). The molecule has 3 unspecified atom stereocenters. The number of carbonyl (C=O) groups is 2. The smallest absolute Gasteiger partial charge is 0.315 e. The Morgan fingerprint density at radius 3 is 2.50 bits per heavy atom. The Morgan fingerprint density at radius 1 is 1.20 bits per heavy atom. The molecule has 0 spiro atoms. The summed E-state index contributed by atoms with van der Waals surface area (Å²) in [5.74, 6) is -0.555. The van der Waals surface area contributed by atoms with Crippen molar-refractivity contribution in [2.24, 2.45) is 11.8 Å². The van der Waals surface area contributed by atoms with Crippen molar-refractivity contribution < 1.29 is 14.7 Å². The summed E-state index contributed by atoms with van der Waals surface area (Å²) in [5, 5.41) is 14.8. The van der Waals surface area contributed by atoms with Crippen molar-refractivity contribution in [2.75, 3.05) is 0 Å². The van der Waals surface area contributed by atoms with Gasteiger partial charge in [0.05, 0.1) is 5.92 Å². The number of rotatable bonds is 7. The van der Waals surface area contributed by atoms with E-state index in [1.54, 1.807) is 0 Å². The van der Waals surface area contributed by atoms with E-state index in [1.807, 2.05) is 6.92 Å². The van der Waals surface area contributed by atoms with E-state index in [-0.39, 0.29) is 18.1 Å². The quantitative estimate of drug-likeness (QED) is 0.672. The minimum absolute atomic E-state index is 0.124. The van der Waals surface area contributed by atoms with Crippen molar-refractivity contribution in [3.8, 4) is 0 Å². The van der Waals surface area contributed by atoms with Crippen LogP contribution in [0.15, 0.2) is 0 Å². The summed E-state index contributed by atoms with van der Waals surface area (Å²) in [7, 11) is 0. The minimum atomic E-state index is -0.808. The summed E-state index contributed by atoms with van der Waals surface area (Å²) in [4.78, 5) is 22.9. The zero-order chi connectivity index (χ0) is 15.1.